The average molecular weight is 333 g/mol. The molecule has 2 heterocycles. The zero-order valence-corrected chi connectivity index (χ0v) is 13.4. The summed E-state index contributed by atoms with van der Waals surface area (Å²) >= 11 is 0. The molecule has 0 aromatic carbocycles. The number of aliphatic carboxylic acids is 1. The fraction of sp³-hybridized carbons (Fsp3) is 0.375. The van der Waals surface area contributed by atoms with Gasteiger partial charge in [-0.15, -0.1) is 0 Å². The Hall–Kier alpha value is -2.90. The van der Waals surface area contributed by atoms with Crippen molar-refractivity contribution in [3.8, 4) is 5.75 Å². The van der Waals surface area contributed by atoms with Crippen LogP contribution in [0.1, 0.15) is 30.6 Å². The van der Waals surface area contributed by atoms with Crippen molar-refractivity contribution in [1.82, 2.24) is 14.9 Å². The van der Waals surface area contributed by atoms with E-state index in [2.05, 4.69) is 10.3 Å². The highest BCUT2D eigenvalue weighted by atomic mass is 16.4. The monoisotopic (exact) mass is 333 g/mol. The van der Waals surface area contributed by atoms with Crippen LogP contribution in [0.3, 0.4) is 0 Å². The summed E-state index contributed by atoms with van der Waals surface area (Å²) in [7, 11) is 0. The molecule has 2 aromatic heterocycles. The van der Waals surface area contributed by atoms with Gasteiger partial charge in [-0.25, -0.2) is 4.98 Å². The Bertz CT molecular complexity index is 841. The maximum atomic E-state index is 12.7. The first-order valence-electron chi connectivity index (χ1n) is 7.53. The molecule has 0 saturated heterocycles. The number of amides is 1. The highest BCUT2D eigenvalue weighted by molar-refractivity contribution is 6.02. The van der Waals surface area contributed by atoms with Crippen molar-refractivity contribution in [2.75, 3.05) is 6.54 Å². The lowest BCUT2D eigenvalue weighted by Gasteiger charge is -2.14. The van der Waals surface area contributed by atoms with E-state index in [1.54, 1.807) is 12.1 Å². The minimum absolute atomic E-state index is 0.265. The van der Waals surface area contributed by atoms with Crippen molar-refractivity contribution in [3.63, 3.8) is 0 Å². The number of carbonyl (C=O) groups excluding carboxylic acids is 1. The first kappa shape index (κ1) is 17.5. The molecule has 0 aliphatic heterocycles. The summed E-state index contributed by atoms with van der Waals surface area (Å²) in [6.45, 7) is 3.70. The third kappa shape index (κ3) is 3.53. The number of nitrogens with zero attached hydrogens (tertiary/aromatic N) is 2. The van der Waals surface area contributed by atoms with Gasteiger partial charge in [0.05, 0.1) is 5.39 Å². The molecule has 24 heavy (non-hydrogen) atoms. The second-order valence-electron chi connectivity index (χ2n) is 5.81. The third-order valence-corrected chi connectivity index (χ3v) is 3.55. The first-order chi connectivity index (χ1) is 11.3. The van der Waals surface area contributed by atoms with Crippen molar-refractivity contribution in [2.24, 2.45) is 5.92 Å². The minimum atomic E-state index is -1.24. The van der Waals surface area contributed by atoms with Crippen molar-refractivity contribution in [2.45, 2.75) is 26.8 Å². The molecule has 8 nitrogen and oxygen atoms in total. The van der Waals surface area contributed by atoms with E-state index in [9.17, 15) is 19.5 Å². The summed E-state index contributed by atoms with van der Waals surface area (Å²) in [5.74, 6) is -2.34. The molecule has 0 spiro atoms. The standard InChI is InChI=1S/C16H19N3O5/c1-9(2)5-7-19-14-10(4-3-6-17-14)13(22)12(16(19)24)15(23)18-8-11(20)21/h3-4,6,9,22H,5,7-8H2,1-2H3,(H,18,23)(H,20,21). The number of hydrogen-bond acceptors (Lipinski definition) is 5. The SMILES string of the molecule is CC(C)CCn1c(=O)c(C(=O)NCC(=O)O)c(O)c2cccnc21. The van der Waals surface area contributed by atoms with E-state index in [0.29, 0.717) is 18.9 Å². The molecule has 0 atom stereocenters. The maximum Gasteiger partial charge on any atom is 0.322 e. The molecule has 128 valence electrons. The zero-order valence-electron chi connectivity index (χ0n) is 13.4. The molecule has 0 bridgehead atoms. The number of nitrogens with one attached hydrogen (secondary N) is 1. The molecule has 1 amide bonds. The lowest BCUT2D eigenvalue weighted by Crippen LogP contribution is -2.36. The van der Waals surface area contributed by atoms with E-state index in [4.69, 9.17) is 5.11 Å². The van der Waals surface area contributed by atoms with Crippen LogP contribution in [0.4, 0.5) is 0 Å². The summed E-state index contributed by atoms with van der Waals surface area (Å²) < 4.78 is 1.34. The Morgan fingerprint density at radius 2 is 2.08 bits per heavy atom. The van der Waals surface area contributed by atoms with Gasteiger partial charge in [0.2, 0.25) is 0 Å². The Morgan fingerprint density at radius 3 is 2.71 bits per heavy atom. The van der Waals surface area contributed by atoms with E-state index in [1.165, 1.54) is 10.8 Å². The van der Waals surface area contributed by atoms with Crippen molar-refractivity contribution in [3.05, 3.63) is 34.2 Å². The number of fused-ring (bicyclic) bond motifs is 1. The molecule has 0 saturated carbocycles. The maximum absolute atomic E-state index is 12.7. The molecule has 0 radical (unpaired) electrons. The normalized spacial score (nSPS) is 11.0. The molecule has 0 unspecified atom stereocenters. The van der Waals surface area contributed by atoms with Crippen molar-refractivity contribution < 1.29 is 19.8 Å². The number of carboxylic acids is 1. The van der Waals surface area contributed by atoms with E-state index >= 15 is 0 Å². The van der Waals surface area contributed by atoms with Crippen LogP contribution in [0.15, 0.2) is 23.1 Å². The van der Waals surface area contributed by atoms with E-state index in [-0.39, 0.29) is 11.0 Å². The predicted octanol–water partition coefficient (Wildman–Crippen LogP) is 0.963. The van der Waals surface area contributed by atoms with Gasteiger partial charge in [-0.1, -0.05) is 13.8 Å². The highest BCUT2D eigenvalue weighted by Crippen LogP contribution is 2.25. The van der Waals surface area contributed by atoms with Gasteiger partial charge in [0.15, 0.2) is 0 Å². The van der Waals surface area contributed by atoms with Gasteiger partial charge >= 0.3 is 5.97 Å². The Morgan fingerprint density at radius 1 is 1.38 bits per heavy atom. The number of hydrogen-bond donors (Lipinski definition) is 3. The van der Waals surface area contributed by atoms with Gasteiger partial charge in [0.25, 0.3) is 11.5 Å². The van der Waals surface area contributed by atoms with Gasteiger partial charge in [-0.3, -0.25) is 19.0 Å². The molecular formula is C16H19N3O5. The van der Waals surface area contributed by atoms with E-state index < -0.39 is 35.3 Å². The third-order valence-electron chi connectivity index (χ3n) is 3.55. The number of carboxylic acid groups (broad SMARTS) is 1. The molecule has 3 N–H and O–H groups in total. The van der Waals surface area contributed by atoms with Crippen LogP contribution in [0.25, 0.3) is 11.0 Å². The van der Waals surface area contributed by atoms with Crippen LogP contribution in [0.5, 0.6) is 5.75 Å². The molecule has 0 aliphatic rings. The summed E-state index contributed by atoms with van der Waals surface area (Å²) in [5.41, 5.74) is -0.877. The van der Waals surface area contributed by atoms with Gasteiger partial charge in [0.1, 0.15) is 23.5 Å². The molecule has 0 fully saturated rings. The van der Waals surface area contributed by atoms with Gasteiger partial charge in [-0.05, 0) is 24.5 Å². The summed E-state index contributed by atoms with van der Waals surface area (Å²) in [6, 6.07) is 3.13. The molecule has 2 rings (SSSR count). The number of aryl methyl sites for hydroxylation is 1. The average Bonchev–Trinajstić information content (AvgIpc) is 2.52. The predicted molar refractivity (Wildman–Crippen MR) is 87.1 cm³/mol. The van der Waals surface area contributed by atoms with Crippen LogP contribution in [-0.2, 0) is 11.3 Å². The van der Waals surface area contributed by atoms with Crippen LogP contribution in [0.2, 0.25) is 0 Å². The van der Waals surface area contributed by atoms with Gasteiger partial charge < -0.3 is 15.5 Å². The molecular weight excluding hydrogens is 314 g/mol. The van der Waals surface area contributed by atoms with Crippen LogP contribution in [-0.4, -0.2) is 38.2 Å². The van der Waals surface area contributed by atoms with Crippen LogP contribution < -0.4 is 10.9 Å². The fourth-order valence-electron chi connectivity index (χ4n) is 2.31. The molecule has 8 heteroatoms. The van der Waals surface area contributed by atoms with Crippen molar-refractivity contribution >= 4 is 22.9 Å². The minimum Gasteiger partial charge on any atom is -0.506 e. The Kier molecular flexibility index (Phi) is 5.18. The number of aromatic nitrogens is 2. The van der Waals surface area contributed by atoms with Crippen LogP contribution in [0, 0.1) is 5.92 Å². The Labute approximate surface area is 137 Å². The van der Waals surface area contributed by atoms with E-state index in [1.807, 2.05) is 13.8 Å². The second-order valence-corrected chi connectivity index (χ2v) is 5.81. The topological polar surface area (TPSA) is 122 Å². The number of aromatic hydroxyl groups is 1. The highest BCUT2D eigenvalue weighted by Gasteiger charge is 2.23. The Balaban J connectivity index is 2.60. The number of rotatable bonds is 6. The number of pyridine rings is 2. The van der Waals surface area contributed by atoms with E-state index in [0.717, 1.165) is 0 Å². The van der Waals surface area contributed by atoms with Gasteiger partial charge in [-0.2, -0.15) is 0 Å². The lowest BCUT2D eigenvalue weighted by atomic mass is 10.1. The summed E-state index contributed by atoms with van der Waals surface area (Å²) in [6.07, 6.45) is 2.18. The summed E-state index contributed by atoms with van der Waals surface area (Å²) in [5, 5.41) is 21.3. The first-order valence-corrected chi connectivity index (χ1v) is 7.53. The smallest absolute Gasteiger partial charge is 0.322 e. The van der Waals surface area contributed by atoms with Crippen molar-refractivity contribution in [1.29, 1.82) is 0 Å². The zero-order chi connectivity index (χ0) is 17.9. The fourth-order valence-corrected chi connectivity index (χ4v) is 2.31. The van der Waals surface area contributed by atoms with Crippen LogP contribution >= 0.6 is 0 Å². The number of carbonyl (C=O) groups is 2. The largest absolute Gasteiger partial charge is 0.506 e. The molecule has 2 aromatic rings. The lowest BCUT2D eigenvalue weighted by molar-refractivity contribution is -0.135. The van der Waals surface area contributed by atoms with Gasteiger partial charge in [0, 0.05) is 12.7 Å². The summed E-state index contributed by atoms with van der Waals surface area (Å²) in [4.78, 5) is 39.5. The molecule has 0 aliphatic carbocycles. The second kappa shape index (κ2) is 7.12. The quantitative estimate of drug-likeness (QED) is 0.724.